The molecule has 5 heteroatoms. The Morgan fingerprint density at radius 3 is 2.94 bits per heavy atom. The summed E-state index contributed by atoms with van der Waals surface area (Å²) in [4.78, 5) is 4.04. The zero-order valence-electron chi connectivity index (χ0n) is 9.16. The monoisotopic (exact) mass is 219 g/mol. The molecule has 1 N–H and O–H groups in total. The molecule has 0 radical (unpaired) electrons. The van der Waals surface area contributed by atoms with Crippen LogP contribution in [0, 0.1) is 0 Å². The summed E-state index contributed by atoms with van der Waals surface area (Å²) in [5, 5.41) is 14.2. The Morgan fingerprint density at radius 1 is 1.50 bits per heavy atom. The molecule has 0 aliphatic heterocycles. The van der Waals surface area contributed by atoms with Gasteiger partial charge in [0.25, 0.3) is 0 Å². The SMILES string of the molecule is COc1ncccc1C(O)c1cnn(C)c1. The molecule has 0 amide bonds. The number of nitrogens with zero attached hydrogens (tertiary/aromatic N) is 3. The maximum Gasteiger partial charge on any atom is 0.219 e. The summed E-state index contributed by atoms with van der Waals surface area (Å²) in [6.07, 6.45) is 4.24. The standard InChI is InChI=1S/C11H13N3O2/c1-14-7-8(6-13-14)10(15)9-4-3-5-12-11(9)16-2/h3-7,10,15H,1-2H3. The van der Waals surface area contributed by atoms with Crippen molar-refractivity contribution in [3.05, 3.63) is 41.9 Å². The number of aryl methyl sites for hydroxylation is 1. The quantitative estimate of drug-likeness (QED) is 0.833. The first-order valence-electron chi connectivity index (χ1n) is 4.88. The molecule has 2 heterocycles. The van der Waals surface area contributed by atoms with Crippen molar-refractivity contribution < 1.29 is 9.84 Å². The number of hydrogen-bond donors (Lipinski definition) is 1. The number of aliphatic hydroxyl groups is 1. The number of aliphatic hydroxyl groups excluding tert-OH is 1. The van der Waals surface area contributed by atoms with E-state index in [0.717, 1.165) is 0 Å². The van der Waals surface area contributed by atoms with Gasteiger partial charge in [-0.3, -0.25) is 4.68 Å². The van der Waals surface area contributed by atoms with Crippen LogP contribution >= 0.6 is 0 Å². The minimum atomic E-state index is -0.766. The molecule has 0 bridgehead atoms. The third-order valence-corrected chi connectivity index (χ3v) is 2.33. The molecule has 0 saturated heterocycles. The first-order valence-corrected chi connectivity index (χ1v) is 4.88. The van der Waals surface area contributed by atoms with Crippen LogP contribution in [0.1, 0.15) is 17.2 Å². The largest absolute Gasteiger partial charge is 0.481 e. The minimum Gasteiger partial charge on any atom is -0.481 e. The van der Waals surface area contributed by atoms with E-state index in [0.29, 0.717) is 17.0 Å². The molecule has 0 aliphatic rings. The second-order valence-corrected chi connectivity index (χ2v) is 3.45. The van der Waals surface area contributed by atoms with Gasteiger partial charge >= 0.3 is 0 Å². The Labute approximate surface area is 93.3 Å². The lowest BCUT2D eigenvalue weighted by molar-refractivity contribution is 0.213. The summed E-state index contributed by atoms with van der Waals surface area (Å²) in [5.74, 6) is 0.429. The molecule has 2 rings (SSSR count). The van der Waals surface area contributed by atoms with Crippen molar-refractivity contribution in [1.82, 2.24) is 14.8 Å². The van der Waals surface area contributed by atoms with Gasteiger partial charge in [-0.05, 0) is 12.1 Å². The molecule has 0 saturated carbocycles. The van der Waals surface area contributed by atoms with E-state index in [1.54, 1.807) is 42.5 Å². The first kappa shape index (κ1) is 10.6. The number of rotatable bonds is 3. The Bertz CT molecular complexity index is 482. The van der Waals surface area contributed by atoms with Crippen molar-refractivity contribution in [2.24, 2.45) is 7.05 Å². The Hall–Kier alpha value is -1.88. The Balaban J connectivity index is 2.36. The van der Waals surface area contributed by atoms with Gasteiger partial charge < -0.3 is 9.84 Å². The molecule has 1 unspecified atom stereocenters. The highest BCUT2D eigenvalue weighted by Crippen LogP contribution is 2.27. The van der Waals surface area contributed by atoms with E-state index < -0.39 is 6.10 Å². The summed E-state index contributed by atoms with van der Waals surface area (Å²) in [7, 11) is 3.33. The lowest BCUT2D eigenvalue weighted by atomic mass is 10.1. The molecule has 2 aromatic heterocycles. The molecule has 0 aliphatic carbocycles. The highest BCUT2D eigenvalue weighted by molar-refractivity contribution is 5.33. The van der Waals surface area contributed by atoms with Crippen molar-refractivity contribution >= 4 is 0 Å². The Kier molecular flexibility index (Phi) is 2.87. The fourth-order valence-corrected chi connectivity index (χ4v) is 1.54. The molecule has 0 spiro atoms. The maximum absolute atomic E-state index is 10.1. The minimum absolute atomic E-state index is 0.429. The predicted octanol–water partition coefficient (Wildman–Crippen LogP) is 0.905. The first-order chi connectivity index (χ1) is 7.72. The Morgan fingerprint density at radius 2 is 2.31 bits per heavy atom. The number of hydrogen-bond acceptors (Lipinski definition) is 4. The summed E-state index contributed by atoms with van der Waals surface area (Å²) in [5.41, 5.74) is 1.35. The fourth-order valence-electron chi connectivity index (χ4n) is 1.54. The summed E-state index contributed by atoms with van der Waals surface area (Å²) >= 11 is 0. The van der Waals surface area contributed by atoms with Crippen LogP contribution < -0.4 is 4.74 Å². The van der Waals surface area contributed by atoms with Gasteiger partial charge in [0.05, 0.1) is 13.3 Å². The molecule has 0 fully saturated rings. The van der Waals surface area contributed by atoms with Crippen molar-refractivity contribution in [3.8, 4) is 5.88 Å². The highest BCUT2D eigenvalue weighted by atomic mass is 16.5. The van der Waals surface area contributed by atoms with E-state index in [-0.39, 0.29) is 0 Å². The van der Waals surface area contributed by atoms with Gasteiger partial charge in [-0.15, -0.1) is 0 Å². The van der Waals surface area contributed by atoms with Gasteiger partial charge in [0.1, 0.15) is 6.10 Å². The molecule has 1 atom stereocenters. The van der Waals surface area contributed by atoms with E-state index in [4.69, 9.17) is 4.74 Å². The molecule has 2 aromatic rings. The highest BCUT2D eigenvalue weighted by Gasteiger charge is 2.17. The maximum atomic E-state index is 10.1. The summed E-state index contributed by atoms with van der Waals surface area (Å²) in [6.45, 7) is 0. The van der Waals surface area contributed by atoms with Gasteiger partial charge in [0.2, 0.25) is 5.88 Å². The van der Waals surface area contributed by atoms with Gasteiger partial charge in [-0.25, -0.2) is 4.98 Å². The van der Waals surface area contributed by atoms with Crippen LogP contribution in [-0.2, 0) is 7.05 Å². The van der Waals surface area contributed by atoms with E-state index in [9.17, 15) is 5.11 Å². The normalized spacial score (nSPS) is 12.4. The van der Waals surface area contributed by atoms with E-state index >= 15 is 0 Å². The topological polar surface area (TPSA) is 60.2 Å². The predicted molar refractivity (Wildman–Crippen MR) is 58.1 cm³/mol. The number of methoxy groups -OCH3 is 1. The number of ether oxygens (including phenoxy) is 1. The summed E-state index contributed by atoms with van der Waals surface area (Å²) < 4.78 is 6.74. The third kappa shape index (κ3) is 1.90. The molecular formula is C11H13N3O2. The lowest BCUT2D eigenvalue weighted by Gasteiger charge is -2.11. The second kappa shape index (κ2) is 4.32. The van der Waals surface area contributed by atoms with Crippen LogP contribution in [0.25, 0.3) is 0 Å². The fraction of sp³-hybridized carbons (Fsp3) is 0.273. The van der Waals surface area contributed by atoms with Crippen molar-refractivity contribution in [2.75, 3.05) is 7.11 Å². The lowest BCUT2D eigenvalue weighted by Crippen LogP contribution is -2.02. The van der Waals surface area contributed by atoms with Gasteiger partial charge in [0.15, 0.2) is 0 Å². The molecule has 5 nitrogen and oxygen atoms in total. The van der Waals surface area contributed by atoms with E-state index in [2.05, 4.69) is 10.1 Å². The molecule has 84 valence electrons. The number of pyridine rings is 1. The molecular weight excluding hydrogens is 206 g/mol. The van der Waals surface area contributed by atoms with Gasteiger partial charge in [-0.2, -0.15) is 5.10 Å². The van der Waals surface area contributed by atoms with Gasteiger partial charge in [-0.1, -0.05) is 0 Å². The van der Waals surface area contributed by atoms with Crippen LogP contribution in [0.15, 0.2) is 30.7 Å². The molecule has 0 aromatic carbocycles. The smallest absolute Gasteiger partial charge is 0.219 e. The van der Waals surface area contributed by atoms with Crippen LogP contribution in [0.2, 0.25) is 0 Å². The average Bonchev–Trinajstić information content (AvgIpc) is 2.75. The zero-order valence-corrected chi connectivity index (χ0v) is 9.16. The summed E-state index contributed by atoms with van der Waals surface area (Å²) in [6, 6.07) is 3.54. The van der Waals surface area contributed by atoms with E-state index in [1.165, 1.54) is 7.11 Å². The van der Waals surface area contributed by atoms with Crippen LogP contribution in [0.5, 0.6) is 5.88 Å². The van der Waals surface area contributed by atoms with Crippen molar-refractivity contribution in [1.29, 1.82) is 0 Å². The second-order valence-electron chi connectivity index (χ2n) is 3.45. The van der Waals surface area contributed by atoms with Crippen molar-refractivity contribution in [3.63, 3.8) is 0 Å². The van der Waals surface area contributed by atoms with Crippen LogP contribution in [-0.4, -0.2) is 27.0 Å². The zero-order chi connectivity index (χ0) is 11.5. The number of aromatic nitrogens is 3. The average molecular weight is 219 g/mol. The third-order valence-electron chi connectivity index (χ3n) is 2.33. The van der Waals surface area contributed by atoms with Crippen molar-refractivity contribution in [2.45, 2.75) is 6.10 Å². The van der Waals surface area contributed by atoms with Gasteiger partial charge in [0, 0.05) is 30.6 Å². The van der Waals surface area contributed by atoms with E-state index in [1.807, 2.05) is 0 Å². The van der Waals surface area contributed by atoms with Crippen LogP contribution in [0.3, 0.4) is 0 Å². The van der Waals surface area contributed by atoms with Crippen LogP contribution in [0.4, 0.5) is 0 Å². The molecule has 16 heavy (non-hydrogen) atoms.